The minimum Gasteiger partial charge on any atom is -0.362 e. The summed E-state index contributed by atoms with van der Waals surface area (Å²) in [7, 11) is 0. The molecule has 0 atom stereocenters. The third-order valence-corrected chi connectivity index (χ3v) is 1.68. The number of H-pyrrole nitrogens is 1. The molecule has 1 rings (SSSR count). The van der Waals surface area contributed by atoms with E-state index in [1.807, 2.05) is 6.92 Å². The van der Waals surface area contributed by atoms with Crippen molar-refractivity contribution in [3.8, 4) is 0 Å². The molecule has 1 heterocycles. The second-order valence-electron chi connectivity index (χ2n) is 3.07. The normalized spacial score (nSPS) is 10.9. The highest BCUT2D eigenvalue weighted by molar-refractivity contribution is 5.24. The summed E-state index contributed by atoms with van der Waals surface area (Å²) in [6, 6.07) is 3.23. The van der Waals surface area contributed by atoms with Gasteiger partial charge in [0.2, 0.25) is 0 Å². The molecule has 0 aliphatic carbocycles. The predicted molar refractivity (Wildman–Crippen MR) is 43.2 cm³/mol. The molecule has 1 heteroatoms. The van der Waals surface area contributed by atoms with Crippen molar-refractivity contribution in [3.63, 3.8) is 0 Å². The number of rotatable bonds is 1. The van der Waals surface area contributed by atoms with E-state index in [4.69, 9.17) is 0 Å². The summed E-state index contributed by atoms with van der Waals surface area (Å²) in [5.41, 5.74) is 3.71. The fraction of sp³-hybridized carbons (Fsp3) is 0.556. The fourth-order valence-corrected chi connectivity index (χ4v) is 1.25. The second-order valence-corrected chi connectivity index (χ2v) is 3.07. The summed E-state index contributed by atoms with van der Waals surface area (Å²) in [5, 5.41) is 0. The van der Waals surface area contributed by atoms with Crippen LogP contribution in [0.3, 0.4) is 0 Å². The van der Waals surface area contributed by atoms with E-state index < -0.39 is 0 Å². The SMILES string of the molecule is Cc1[c]c(C)c(C(C)C)[nH]1. The second kappa shape index (κ2) is 2.49. The Morgan fingerprint density at radius 1 is 1.30 bits per heavy atom. The first-order valence-electron chi connectivity index (χ1n) is 3.69. The summed E-state index contributed by atoms with van der Waals surface area (Å²) in [5.74, 6) is 0.588. The Kier molecular flexibility index (Phi) is 1.84. The lowest BCUT2D eigenvalue weighted by molar-refractivity contribution is 0.820. The largest absolute Gasteiger partial charge is 0.362 e. The molecule has 0 aliphatic rings. The van der Waals surface area contributed by atoms with Crippen LogP contribution in [0.1, 0.15) is 36.7 Å². The lowest BCUT2D eigenvalue weighted by Crippen LogP contribution is -1.89. The molecular weight excluding hydrogens is 122 g/mol. The Morgan fingerprint density at radius 3 is 2.10 bits per heavy atom. The molecule has 0 saturated heterocycles. The van der Waals surface area contributed by atoms with E-state index in [2.05, 4.69) is 31.8 Å². The van der Waals surface area contributed by atoms with Crippen molar-refractivity contribution >= 4 is 0 Å². The molecular formula is C9H14N. The minimum absolute atomic E-state index is 0.588. The summed E-state index contributed by atoms with van der Waals surface area (Å²) in [6.45, 7) is 8.51. The highest BCUT2D eigenvalue weighted by Gasteiger charge is 2.04. The molecule has 1 aromatic rings. The standard InChI is InChI=1S/C9H14N/c1-6(2)9-7(3)5-8(4)10-9/h6,10H,1-4H3. The van der Waals surface area contributed by atoms with E-state index in [1.54, 1.807) is 0 Å². The molecule has 1 nitrogen and oxygen atoms in total. The van der Waals surface area contributed by atoms with Gasteiger partial charge >= 0.3 is 0 Å². The third-order valence-electron chi connectivity index (χ3n) is 1.68. The number of aromatic nitrogens is 1. The maximum absolute atomic E-state index is 3.29. The third kappa shape index (κ3) is 1.23. The molecule has 0 fully saturated rings. The number of hydrogen-bond donors (Lipinski definition) is 1. The van der Waals surface area contributed by atoms with Crippen molar-refractivity contribution in [1.29, 1.82) is 0 Å². The Balaban J connectivity index is 3.03. The Bertz CT molecular complexity index is 221. The molecule has 1 aromatic heterocycles. The summed E-state index contributed by atoms with van der Waals surface area (Å²) >= 11 is 0. The number of aromatic amines is 1. The maximum Gasteiger partial charge on any atom is 0.0211 e. The van der Waals surface area contributed by atoms with E-state index in [1.165, 1.54) is 11.3 Å². The van der Waals surface area contributed by atoms with Crippen LogP contribution in [0.4, 0.5) is 0 Å². The molecule has 10 heavy (non-hydrogen) atoms. The molecule has 0 spiro atoms. The molecule has 0 saturated carbocycles. The van der Waals surface area contributed by atoms with Crippen LogP contribution in [0.15, 0.2) is 0 Å². The van der Waals surface area contributed by atoms with Crippen LogP contribution in [0.2, 0.25) is 0 Å². The molecule has 0 bridgehead atoms. The van der Waals surface area contributed by atoms with Crippen LogP contribution in [0.5, 0.6) is 0 Å². The van der Waals surface area contributed by atoms with Crippen LogP contribution in [0.25, 0.3) is 0 Å². The van der Waals surface area contributed by atoms with E-state index in [9.17, 15) is 0 Å². The molecule has 55 valence electrons. The zero-order valence-corrected chi connectivity index (χ0v) is 7.08. The monoisotopic (exact) mass is 136 g/mol. The van der Waals surface area contributed by atoms with E-state index in [-0.39, 0.29) is 0 Å². The predicted octanol–water partition coefficient (Wildman–Crippen LogP) is 2.56. The van der Waals surface area contributed by atoms with E-state index in [0.717, 1.165) is 5.69 Å². The van der Waals surface area contributed by atoms with Crippen LogP contribution >= 0.6 is 0 Å². The van der Waals surface area contributed by atoms with Gasteiger partial charge in [-0.15, -0.1) is 0 Å². The molecule has 0 amide bonds. The zero-order valence-electron chi connectivity index (χ0n) is 7.08. The first kappa shape index (κ1) is 7.39. The van der Waals surface area contributed by atoms with Gasteiger partial charge in [-0.05, 0) is 25.3 Å². The number of hydrogen-bond acceptors (Lipinski definition) is 0. The molecule has 0 unspecified atom stereocenters. The zero-order chi connectivity index (χ0) is 7.72. The maximum atomic E-state index is 3.29. The Labute approximate surface area is 62.5 Å². The van der Waals surface area contributed by atoms with Gasteiger partial charge in [-0.25, -0.2) is 0 Å². The van der Waals surface area contributed by atoms with Crippen molar-refractivity contribution in [3.05, 3.63) is 23.0 Å². The van der Waals surface area contributed by atoms with Gasteiger partial charge in [0.15, 0.2) is 0 Å². The van der Waals surface area contributed by atoms with Crippen molar-refractivity contribution < 1.29 is 0 Å². The lowest BCUT2D eigenvalue weighted by Gasteiger charge is -2.01. The van der Waals surface area contributed by atoms with Crippen LogP contribution in [-0.2, 0) is 0 Å². The van der Waals surface area contributed by atoms with Crippen LogP contribution in [-0.4, -0.2) is 4.98 Å². The molecule has 1 radical (unpaired) electrons. The average molecular weight is 136 g/mol. The van der Waals surface area contributed by atoms with Gasteiger partial charge in [0.05, 0.1) is 0 Å². The van der Waals surface area contributed by atoms with Crippen LogP contribution < -0.4 is 0 Å². The minimum atomic E-state index is 0.588. The smallest absolute Gasteiger partial charge is 0.0211 e. The molecule has 0 aliphatic heterocycles. The van der Waals surface area contributed by atoms with Crippen molar-refractivity contribution in [1.82, 2.24) is 4.98 Å². The first-order valence-corrected chi connectivity index (χ1v) is 3.69. The first-order chi connectivity index (χ1) is 4.61. The highest BCUT2D eigenvalue weighted by atomic mass is 14.7. The topological polar surface area (TPSA) is 15.8 Å². The van der Waals surface area contributed by atoms with Gasteiger partial charge in [-0.2, -0.15) is 0 Å². The van der Waals surface area contributed by atoms with E-state index >= 15 is 0 Å². The van der Waals surface area contributed by atoms with Gasteiger partial charge < -0.3 is 4.98 Å². The quantitative estimate of drug-likeness (QED) is 0.610. The number of nitrogens with one attached hydrogen (secondary N) is 1. The summed E-state index contributed by atoms with van der Waals surface area (Å²) in [6.07, 6.45) is 0. The lowest BCUT2D eigenvalue weighted by atomic mass is 10.1. The van der Waals surface area contributed by atoms with Crippen molar-refractivity contribution in [2.45, 2.75) is 33.6 Å². The van der Waals surface area contributed by atoms with Gasteiger partial charge in [0.25, 0.3) is 0 Å². The van der Waals surface area contributed by atoms with Gasteiger partial charge in [-0.1, -0.05) is 13.8 Å². The van der Waals surface area contributed by atoms with E-state index in [0.29, 0.717) is 5.92 Å². The Morgan fingerprint density at radius 2 is 1.90 bits per heavy atom. The summed E-state index contributed by atoms with van der Waals surface area (Å²) in [4.78, 5) is 3.29. The average Bonchev–Trinajstić information content (AvgIpc) is 2.10. The molecule has 0 aromatic carbocycles. The van der Waals surface area contributed by atoms with Crippen molar-refractivity contribution in [2.24, 2.45) is 0 Å². The summed E-state index contributed by atoms with van der Waals surface area (Å²) < 4.78 is 0. The highest BCUT2D eigenvalue weighted by Crippen LogP contribution is 2.17. The molecule has 1 N–H and O–H groups in total. The Hall–Kier alpha value is -0.720. The van der Waals surface area contributed by atoms with Crippen molar-refractivity contribution in [2.75, 3.05) is 0 Å². The van der Waals surface area contributed by atoms with Crippen LogP contribution in [0, 0.1) is 19.9 Å². The van der Waals surface area contributed by atoms with Gasteiger partial charge in [0, 0.05) is 17.5 Å². The fourth-order valence-electron chi connectivity index (χ4n) is 1.25. The van der Waals surface area contributed by atoms with Gasteiger partial charge in [-0.3, -0.25) is 0 Å². The van der Waals surface area contributed by atoms with Gasteiger partial charge in [0.1, 0.15) is 0 Å². The number of aryl methyl sites for hydroxylation is 2.